The average Bonchev–Trinajstić information content (AvgIpc) is 3.51. The zero-order valence-corrected chi connectivity index (χ0v) is 26.0. The van der Waals surface area contributed by atoms with Crippen LogP contribution in [0.2, 0.25) is 0 Å². The Balaban J connectivity index is 1.54. The van der Waals surface area contributed by atoms with Crippen LogP contribution in [0.3, 0.4) is 0 Å². The highest BCUT2D eigenvalue weighted by molar-refractivity contribution is 7.92. The molecule has 3 aromatic carbocycles. The Bertz CT molecular complexity index is 1410. The van der Waals surface area contributed by atoms with Crippen LogP contribution in [0, 0.1) is 0 Å². The minimum atomic E-state index is -3.59. The van der Waals surface area contributed by atoms with E-state index in [0.717, 1.165) is 43.1 Å². The maximum Gasteiger partial charge on any atom is 0.243 e. The van der Waals surface area contributed by atoms with Crippen LogP contribution in [0.15, 0.2) is 84.9 Å². The van der Waals surface area contributed by atoms with Crippen LogP contribution in [0.5, 0.6) is 5.75 Å². The van der Waals surface area contributed by atoms with Crippen LogP contribution in [-0.4, -0.2) is 56.6 Å². The van der Waals surface area contributed by atoms with Gasteiger partial charge in [-0.2, -0.15) is 0 Å². The minimum Gasteiger partial charge on any atom is -0.494 e. The fraction of sp³-hybridized carbons (Fsp3) is 0.412. The van der Waals surface area contributed by atoms with Gasteiger partial charge in [0.25, 0.3) is 0 Å². The van der Waals surface area contributed by atoms with Crippen LogP contribution in [-0.2, 0) is 32.6 Å². The molecule has 0 aromatic heterocycles. The predicted octanol–water partition coefficient (Wildman–Crippen LogP) is 5.33. The summed E-state index contributed by atoms with van der Waals surface area (Å²) in [5.41, 5.74) is 2.41. The standard InChI is InChI=1S/C34H43N3O5S/c1-3-42-31-22-20-30(21-23-31)37(43(2,40)41)24-12-19-33(38)36(26-28-15-8-5-9-16-28)32(25-27-13-6-4-7-14-27)34(39)35-29-17-10-11-18-29/h4-9,13-16,20-23,29,32H,3,10-12,17-19,24-26H2,1-2H3,(H,35,39). The van der Waals surface area contributed by atoms with Crippen molar-refractivity contribution in [3.05, 3.63) is 96.1 Å². The largest absolute Gasteiger partial charge is 0.494 e. The van der Waals surface area contributed by atoms with Gasteiger partial charge in [0, 0.05) is 32.0 Å². The molecule has 1 aliphatic rings. The highest BCUT2D eigenvalue weighted by Crippen LogP contribution is 2.24. The maximum absolute atomic E-state index is 14.0. The SMILES string of the molecule is CCOc1ccc(N(CCCC(=O)N(Cc2ccccc2)C(Cc2ccccc2)C(=O)NC2CCCC2)S(C)(=O)=O)cc1. The van der Waals surface area contributed by atoms with Crippen molar-refractivity contribution in [2.45, 2.75) is 70.5 Å². The number of carbonyl (C=O) groups is 2. The van der Waals surface area contributed by atoms with Gasteiger partial charge in [0.15, 0.2) is 0 Å². The molecule has 0 heterocycles. The molecule has 1 fully saturated rings. The summed E-state index contributed by atoms with van der Waals surface area (Å²) in [5.74, 6) is 0.324. The Labute approximate surface area is 256 Å². The Morgan fingerprint density at radius 2 is 1.51 bits per heavy atom. The lowest BCUT2D eigenvalue weighted by Gasteiger charge is -2.33. The first-order chi connectivity index (χ1) is 20.7. The third kappa shape index (κ3) is 9.58. The molecule has 0 bridgehead atoms. The number of carbonyl (C=O) groups excluding carboxylic acids is 2. The zero-order chi connectivity index (χ0) is 30.7. The van der Waals surface area contributed by atoms with E-state index in [4.69, 9.17) is 4.74 Å². The van der Waals surface area contributed by atoms with E-state index in [0.29, 0.717) is 30.9 Å². The molecule has 0 spiro atoms. The Morgan fingerprint density at radius 1 is 0.907 bits per heavy atom. The topological polar surface area (TPSA) is 96.0 Å². The van der Waals surface area contributed by atoms with Gasteiger partial charge >= 0.3 is 0 Å². The molecule has 1 atom stereocenters. The first-order valence-electron chi connectivity index (χ1n) is 15.1. The van der Waals surface area contributed by atoms with Crippen molar-refractivity contribution in [1.29, 1.82) is 0 Å². The van der Waals surface area contributed by atoms with Gasteiger partial charge < -0.3 is 15.0 Å². The molecule has 0 saturated heterocycles. The van der Waals surface area contributed by atoms with Crippen molar-refractivity contribution < 1.29 is 22.7 Å². The van der Waals surface area contributed by atoms with Crippen molar-refractivity contribution in [2.24, 2.45) is 0 Å². The first-order valence-corrected chi connectivity index (χ1v) is 17.0. The zero-order valence-electron chi connectivity index (χ0n) is 25.2. The van der Waals surface area contributed by atoms with Crippen LogP contribution in [0.25, 0.3) is 0 Å². The molecule has 4 rings (SSSR count). The summed E-state index contributed by atoms with van der Waals surface area (Å²) in [7, 11) is -3.59. The highest BCUT2D eigenvalue weighted by Gasteiger charge is 2.32. The van der Waals surface area contributed by atoms with Crippen molar-refractivity contribution in [1.82, 2.24) is 10.2 Å². The van der Waals surface area contributed by atoms with Crippen molar-refractivity contribution in [3.8, 4) is 5.75 Å². The number of hydrogen-bond donors (Lipinski definition) is 1. The number of sulfonamides is 1. The van der Waals surface area contributed by atoms with E-state index in [1.165, 1.54) is 4.31 Å². The fourth-order valence-electron chi connectivity index (χ4n) is 5.58. The molecule has 43 heavy (non-hydrogen) atoms. The Kier molecular flexibility index (Phi) is 11.6. The minimum absolute atomic E-state index is 0.0951. The van der Waals surface area contributed by atoms with E-state index >= 15 is 0 Å². The third-order valence-electron chi connectivity index (χ3n) is 7.76. The van der Waals surface area contributed by atoms with Crippen LogP contribution >= 0.6 is 0 Å². The summed E-state index contributed by atoms with van der Waals surface area (Å²) in [6.45, 7) is 2.82. The Morgan fingerprint density at radius 3 is 2.09 bits per heavy atom. The number of benzene rings is 3. The van der Waals surface area contributed by atoms with Crippen LogP contribution < -0.4 is 14.4 Å². The van der Waals surface area contributed by atoms with Gasteiger partial charge in [0.2, 0.25) is 21.8 Å². The molecular weight excluding hydrogens is 562 g/mol. The molecular formula is C34H43N3O5S. The average molecular weight is 606 g/mol. The molecule has 0 radical (unpaired) electrons. The van der Waals surface area contributed by atoms with Crippen LogP contribution in [0.1, 0.15) is 56.6 Å². The predicted molar refractivity (Wildman–Crippen MR) is 170 cm³/mol. The van der Waals surface area contributed by atoms with E-state index < -0.39 is 16.1 Å². The van der Waals surface area contributed by atoms with Crippen molar-refractivity contribution in [3.63, 3.8) is 0 Å². The maximum atomic E-state index is 14.0. The summed E-state index contributed by atoms with van der Waals surface area (Å²) in [5, 5.41) is 3.22. The fourth-order valence-corrected chi connectivity index (χ4v) is 6.55. The van der Waals surface area contributed by atoms with Gasteiger partial charge in [-0.3, -0.25) is 13.9 Å². The van der Waals surface area contributed by atoms with Crippen molar-refractivity contribution in [2.75, 3.05) is 23.7 Å². The summed E-state index contributed by atoms with van der Waals surface area (Å²) >= 11 is 0. The van der Waals surface area contributed by atoms with Gasteiger partial charge in [-0.05, 0) is 61.6 Å². The number of rotatable bonds is 15. The van der Waals surface area contributed by atoms with E-state index in [9.17, 15) is 18.0 Å². The summed E-state index contributed by atoms with van der Waals surface area (Å²) < 4.78 is 32.2. The second kappa shape index (κ2) is 15.6. The highest BCUT2D eigenvalue weighted by atomic mass is 32.2. The molecule has 230 valence electrons. The molecule has 1 saturated carbocycles. The van der Waals surface area contributed by atoms with Gasteiger partial charge in [-0.1, -0.05) is 73.5 Å². The lowest BCUT2D eigenvalue weighted by Crippen LogP contribution is -2.52. The molecule has 0 aliphatic heterocycles. The van der Waals surface area contributed by atoms with Gasteiger partial charge in [-0.25, -0.2) is 8.42 Å². The normalized spacial score (nSPS) is 14.2. The van der Waals surface area contributed by atoms with Gasteiger partial charge in [0.1, 0.15) is 11.8 Å². The van der Waals surface area contributed by atoms with Crippen molar-refractivity contribution >= 4 is 27.5 Å². The monoisotopic (exact) mass is 605 g/mol. The second-order valence-electron chi connectivity index (χ2n) is 11.1. The van der Waals surface area contributed by atoms with Gasteiger partial charge in [0.05, 0.1) is 18.6 Å². The smallest absolute Gasteiger partial charge is 0.243 e. The molecule has 9 heteroatoms. The lowest BCUT2D eigenvalue weighted by atomic mass is 10.0. The number of anilines is 1. The van der Waals surface area contributed by atoms with E-state index in [1.807, 2.05) is 67.6 Å². The molecule has 1 aliphatic carbocycles. The van der Waals surface area contributed by atoms with Crippen LogP contribution in [0.4, 0.5) is 5.69 Å². The quantitative estimate of drug-likeness (QED) is 0.253. The molecule has 3 aromatic rings. The molecule has 8 nitrogen and oxygen atoms in total. The number of nitrogens with one attached hydrogen (secondary N) is 1. The van der Waals surface area contributed by atoms with E-state index in [1.54, 1.807) is 29.2 Å². The molecule has 1 unspecified atom stereocenters. The van der Waals surface area contributed by atoms with Gasteiger partial charge in [-0.15, -0.1) is 0 Å². The third-order valence-corrected chi connectivity index (χ3v) is 8.95. The molecule has 2 amide bonds. The Hall–Kier alpha value is -3.85. The van der Waals surface area contributed by atoms with E-state index in [2.05, 4.69) is 5.32 Å². The number of amides is 2. The second-order valence-corrected chi connectivity index (χ2v) is 13.0. The summed E-state index contributed by atoms with van der Waals surface area (Å²) in [4.78, 5) is 29.5. The number of ether oxygens (including phenoxy) is 1. The first kappa shape index (κ1) is 32.1. The molecule has 1 N–H and O–H groups in total. The number of nitrogens with zero attached hydrogens (tertiary/aromatic N) is 2. The number of hydrogen-bond acceptors (Lipinski definition) is 5. The summed E-state index contributed by atoms with van der Waals surface area (Å²) in [6, 6.07) is 25.7. The lowest BCUT2D eigenvalue weighted by molar-refractivity contribution is -0.141. The summed E-state index contributed by atoms with van der Waals surface area (Å²) in [6.07, 6.45) is 6.02. The van der Waals surface area contributed by atoms with E-state index in [-0.39, 0.29) is 37.4 Å².